The van der Waals surface area contributed by atoms with E-state index in [0.717, 1.165) is 10.3 Å². The number of nitrogens with one attached hydrogen (secondary N) is 1. The van der Waals surface area contributed by atoms with Gasteiger partial charge in [-0.3, -0.25) is 18.7 Å². The first-order valence-corrected chi connectivity index (χ1v) is 11.6. The summed E-state index contributed by atoms with van der Waals surface area (Å²) >= 11 is 1.18. The van der Waals surface area contributed by atoms with Gasteiger partial charge < -0.3 is 10.2 Å². The summed E-state index contributed by atoms with van der Waals surface area (Å²) in [6.45, 7) is 7.87. The third-order valence-electron chi connectivity index (χ3n) is 5.12. The fourth-order valence-corrected chi connectivity index (χ4v) is 4.35. The van der Waals surface area contributed by atoms with Gasteiger partial charge in [0.25, 0.3) is 5.56 Å². The maximum Gasteiger partial charge on any atom is 0.332 e. The van der Waals surface area contributed by atoms with Crippen LogP contribution in [-0.2, 0) is 18.4 Å². The molecule has 1 aromatic carbocycles. The lowest BCUT2D eigenvalue weighted by Gasteiger charge is -2.17. The second-order valence-electron chi connectivity index (χ2n) is 8.62. The van der Waals surface area contributed by atoms with E-state index in [0.29, 0.717) is 28.7 Å². The number of fused-ring (bicyclic) bond motifs is 1. The number of aromatic nitrogens is 4. The summed E-state index contributed by atoms with van der Waals surface area (Å²) in [6, 6.07) is 7.53. The van der Waals surface area contributed by atoms with Crippen molar-refractivity contribution in [3.63, 3.8) is 0 Å². The molecule has 3 rings (SSSR count). The second-order valence-corrected chi connectivity index (χ2v) is 9.95. The summed E-state index contributed by atoms with van der Waals surface area (Å²) < 4.78 is 2.59. The quantitative estimate of drug-likeness (QED) is 0.418. The van der Waals surface area contributed by atoms with Crippen molar-refractivity contribution in [1.29, 1.82) is 0 Å². The minimum Gasteiger partial charge on any atom is -0.378 e. The van der Waals surface area contributed by atoms with Gasteiger partial charge in [0.1, 0.15) is 16.2 Å². The van der Waals surface area contributed by atoms with E-state index in [1.165, 1.54) is 23.4 Å². The lowest BCUT2D eigenvalue weighted by Crippen LogP contribution is -2.39. The lowest BCUT2D eigenvalue weighted by molar-refractivity contribution is -0.115. The van der Waals surface area contributed by atoms with Crippen molar-refractivity contribution >= 4 is 40.1 Å². The van der Waals surface area contributed by atoms with Crippen LogP contribution in [0.5, 0.6) is 0 Å². The first-order valence-electron chi connectivity index (χ1n) is 10.7. The van der Waals surface area contributed by atoms with Crippen LogP contribution in [0.25, 0.3) is 11.0 Å². The van der Waals surface area contributed by atoms with Crippen molar-refractivity contribution in [2.75, 3.05) is 24.3 Å². The maximum atomic E-state index is 13.0. The van der Waals surface area contributed by atoms with Crippen LogP contribution >= 0.6 is 11.8 Å². The molecule has 1 N–H and O–H groups in total. The zero-order valence-electron chi connectivity index (χ0n) is 20.0. The topological polar surface area (TPSA) is 102 Å². The Morgan fingerprint density at radius 3 is 2.33 bits per heavy atom. The Morgan fingerprint density at radius 1 is 1.12 bits per heavy atom. The molecule has 0 bridgehead atoms. The molecule has 176 valence electrons. The Balaban J connectivity index is 1.96. The van der Waals surface area contributed by atoms with Crippen molar-refractivity contribution in [2.45, 2.75) is 44.5 Å². The Hall–Kier alpha value is -3.14. The van der Waals surface area contributed by atoms with Crippen molar-refractivity contribution < 1.29 is 4.79 Å². The minimum atomic E-state index is -0.536. The molecule has 2 aromatic heterocycles. The molecule has 0 aliphatic heterocycles. The maximum absolute atomic E-state index is 13.0. The Kier molecular flexibility index (Phi) is 7.26. The molecule has 2 heterocycles. The first-order chi connectivity index (χ1) is 15.5. The molecule has 0 aliphatic carbocycles. The predicted octanol–water partition coefficient (Wildman–Crippen LogP) is 2.64. The van der Waals surface area contributed by atoms with E-state index < -0.39 is 16.5 Å². The van der Waals surface area contributed by atoms with E-state index in [1.807, 2.05) is 57.1 Å². The van der Waals surface area contributed by atoms with E-state index in [1.54, 1.807) is 13.8 Å². The van der Waals surface area contributed by atoms with Gasteiger partial charge >= 0.3 is 5.69 Å². The highest BCUT2D eigenvalue weighted by molar-refractivity contribution is 8.00. The number of carbonyl (C=O) groups excluding carboxylic acids is 1. The Morgan fingerprint density at radius 2 is 1.76 bits per heavy atom. The van der Waals surface area contributed by atoms with Gasteiger partial charge in [0.2, 0.25) is 5.91 Å². The largest absolute Gasteiger partial charge is 0.378 e. The predicted molar refractivity (Wildman–Crippen MR) is 133 cm³/mol. The van der Waals surface area contributed by atoms with E-state index in [-0.39, 0.29) is 17.2 Å². The molecular weight excluding hydrogens is 440 g/mol. The van der Waals surface area contributed by atoms with Gasteiger partial charge in [-0.1, -0.05) is 25.6 Å². The smallest absolute Gasteiger partial charge is 0.332 e. The van der Waals surface area contributed by atoms with Gasteiger partial charge in [-0.15, -0.1) is 0 Å². The number of aryl methyl sites for hydroxylation is 1. The number of rotatable bonds is 7. The minimum absolute atomic E-state index is 0.179. The van der Waals surface area contributed by atoms with E-state index in [4.69, 9.17) is 0 Å². The van der Waals surface area contributed by atoms with Gasteiger partial charge in [-0.25, -0.2) is 14.8 Å². The molecule has 0 spiro atoms. The van der Waals surface area contributed by atoms with Crippen LogP contribution in [0.3, 0.4) is 0 Å². The number of hydrogen-bond acceptors (Lipinski definition) is 7. The van der Waals surface area contributed by atoms with Gasteiger partial charge in [-0.05, 0) is 44.0 Å². The summed E-state index contributed by atoms with van der Waals surface area (Å²) in [6.07, 6.45) is 0. The highest BCUT2D eigenvalue weighted by Crippen LogP contribution is 2.27. The molecule has 0 saturated heterocycles. The normalized spacial score (nSPS) is 12.2. The lowest BCUT2D eigenvalue weighted by atomic mass is 10.2. The molecule has 1 amide bonds. The molecular formula is C23H30N6O3S. The third-order valence-corrected chi connectivity index (χ3v) is 6.20. The van der Waals surface area contributed by atoms with Crippen molar-refractivity contribution in [1.82, 2.24) is 19.1 Å². The van der Waals surface area contributed by atoms with E-state index in [9.17, 15) is 14.4 Å². The van der Waals surface area contributed by atoms with E-state index in [2.05, 4.69) is 15.3 Å². The average Bonchev–Trinajstić information content (AvgIpc) is 2.75. The van der Waals surface area contributed by atoms with E-state index >= 15 is 0 Å². The van der Waals surface area contributed by atoms with Crippen LogP contribution in [0.1, 0.15) is 26.6 Å². The van der Waals surface area contributed by atoms with Gasteiger partial charge in [0, 0.05) is 39.1 Å². The monoisotopic (exact) mass is 470 g/mol. The molecule has 0 saturated carbocycles. The summed E-state index contributed by atoms with van der Waals surface area (Å²) in [5, 5.41) is 3.01. The molecule has 0 aliphatic rings. The third kappa shape index (κ3) is 5.27. The number of benzene rings is 1. The number of hydrogen-bond donors (Lipinski definition) is 1. The Labute approximate surface area is 196 Å². The molecule has 9 nitrogen and oxygen atoms in total. The van der Waals surface area contributed by atoms with Crippen molar-refractivity contribution in [3.05, 3.63) is 50.9 Å². The van der Waals surface area contributed by atoms with Crippen LogP contribution in [0.15, 0.2) is 38.9 Å². The standard InChI is InChI=1S/C23H30N6O3S/c1-13(2)12-29-19-18(22(31)28(7)23(29)32)21(25-15(4)24-19)33-14(3)20(30)26-16-8-10-17(11-9-16)27(5)6/h8-11,13-14H,12H2,1-7H3,(H,26,30)/t14-/m1/s1. The summed E-state index contributed by atoms with van der Waals surface area (Å²) in [5.41, 5.74) is 1.13. The molecule has 33 heavy (non-hydrogen) atoms. The summed E-state index contributed by atoms with van der Waals surface area (Å²) in [4.78, 5) is 49.4. The van der Waals surface area contributed by atoms with Crippen molar-refractivity contribution in [3.8, 4) is 0 Å². The Bertz CT molecular complexity index is 1290. The summed E-state index contributed by atoms with van der Waals surface area (Å²) in [5.74, 6) is 0.398. The zero-order chi connectivity index (χ0) is 24.4. The fraction of sp³-hybridized carbons (Fsp3) is 0.435. The number of carbonyl (C=O) groups is 1. The molecule has 3 aromatic rings. The SMILES string of the molecule is Cc1nc(S[C@H](C)C(=O)Nc2ccc(N(C)C)cc2)c2c(=O)n(C)c(=O)n(CC(C)C)c2n1. The average molecular weight is 471 g/mol. The molecule has 1 atom stereocenters. The molecule has 0 unspecified atom stereocenters. The number of anilines is 2. The van der Waals surface area contributed by atoms with Gasteiger partial charge in [-0.2, -0.15) is 0 Å². The molecule has 10 heteroatoms. The van der Waals surface area contributed by atoms with Crippen molar-refractivity contribution in [2.24, 2.45) is 13.0 Å². The fourth-order valence-electron chi connectivity index (χ4n) is 3.36. The zero-order valence-corrected chi connectivity index (χ0v) is 20.9. The van der Waals surface area contributed by atoms with Crippen LogP contribution in [0, 0.1) is 12.8 Å². The number of thioether (sulfide) groups is 1. The van der Waals surface area contributed by atoms with Crippen LogP contribution in [0.4, 0.5) is 11.4 Å². The first kappa shape index (κ1) is 24.5. The van der Waals surface area contributed by atoms with Gasteiger partial charge in [0.05, 0.1) is 5.25 Å². The van der Waals surface area contributed by atoms with Crippen LogP contribution in [0.2, 0.25) is 0 Å². The summed E-state index contributed by atoms with van der Waals surface area (Å²) in [7, 11) is 5.35. The van der Waals surface area contributed by atoms with Crippen LogP contribution in [-0.4, -0.2) is 44.4 Å². The second kappa shape index (κ2) is 9.78. The number of amides is 1. The van der Waals surface area contributed by atoms with Crippen LogP contribution < -0.4 is 21.5 Å². The number of nitrogens with zero attached hydrogens (tertiary/aromatic N) is 5. The highest BCUT2D eigenvalue weighted by Gasteiger charge is 2.22. The molecule has 0 radical (unpaired) electrons. The molecule has 0 fully saturated rings. The van der Waals surface area contributed by atoms with Gasteiger partial charge in [0.15, 0.2) is 5.65 Å². The highest BCUT2D eigenvalue weighted by atomic mass is 32.2.